The van der Waals surface area contributed by atoms with Crippen molar-refractivity contribution in [3.05, 3.63) is 0 Å². The smallest absolute Gasteiger partial charge is 0.180 e. The fourth-order valence-corrected chi connectivity index (χ4v) is 1.69. The van der Waals surface area contributed by atoms with Gasteiger partial charge in [-0.1, -0.05) is 0 Å². The molecular weight excluding hydrogens is 184 g/mol. The molecule has 1 atom stereocenters. The van der Waals surface area contributed by atoms with Gasteiger partial charge in [0.2, 0.25) is 0 Å². The Hall–Kier alpha value is -0.390. The summed E-state index contributed by atoms with van der Waals surface area (Å²) in [5.41, 5.74) is 2.41. The maximum atomic E-state index is 5.14. The van der Waals surface area contributed by atoms with Crippen LogP contribution < -0.4 is 16.6 Å². The maximum Gasteiger partial charge on any atom is 0.180 e. The van der Waals surface area contributed by atoms with Crippen molar-refractivity contribution in [2.45, 2.75) is 25.8 Å². The highest BCUT2D eigenvalue weighted by Gasteiger charge is 2.17. The molecule has 4 N–H and O–H groups in total. The molecule has 0 aliphatic carbocycles. The molecule has 13 heavy (non-hydrogen) atoms. The summed E-state index contributed by atoms with van der Waals surface area (Å²) < 4.78 is 0. The van der Waals surface area contributed by atoms with Gasteiger partial charge in [-0.25, -0.2) is 5.84 Å². The Bertz CT molecular complexity index is 168. The molecule has 0 saturated carbocycles. The zero-order valence-electron chi connectivity index (χ0n) is 8.05. The number of nitrogens with zero attached hydrogens (tertiary/aromatic N) is 1. The molecule has 1 heterocycles. The van der Waals surface area contributed by atoms with Crippen molar-refractivity contribution >= 4 is 17.3 Å². The number of nitrogens with two attached hydrogens (primary N) is 1. The Morgan fingerprint density at radius 2 is 2.15 bits per heavy atom. The van der Waals surface area contributed by atoms with Gasteiger partial charge in [0.15, 0.2) is 5.11 Å². The van der Waals surface area contributed by atoms with Crippen LogP contribution in [0.1, 0.15) is 19.8 Å². The van der Waals surface area contributed by atoms with E-state index < -0.39 is 0 Å². The second-order valence-corrected chi connectivity index (χ2v) is 3.85. The Labute approximate surface area is 84.8 Å². The quantitative estimate of drug-likeness (QED) is 0.336. The van der Waals surface area contributed by atoms with Gasteiger partial charge in [0.05, 0.1) is 0 Å². The number of thiocarbonyl (C=S) groups is 1. The normalized spacial score (nSPS) is 19.8. The molecule has 0 aromatic heterocycles. The molecule has 0 aromatic carbocycles. The molecule has 0 aromatic rings. The van der Waals surface area contributed by atoms with Gasteiger partial charge in [-0.3, -0.25) is 4.90 Å². The van der Waals surface area contributed by atoms with Crippen LogP contribution in [0.5, 0.6) is 0 Å². The van der Waals surface area contributed by atoms with E-state index in [1.165, 1.54) is 25.9 Å². The lowest BCUT2D eigenvalue weighted by atomic mass is 10.3. The highest BCUT2D eigenvalue weighted by atomic mass is 32.1. The van der Waals surface area contributed by atoms with Crippen LogP contribution in [0.15, 0.2) is 0 Å². The highest BCUT2D eigenvalue weighted by molar-refractivity contribution is 7.80. The van der Waals surface area contributed by atoms with Crippen molar-refractivity contribution in [2.24, 2.45) is 5.84 Å². The molecule has 4 nitrogen and oxygen atoms in total. The number of hydrogen-bond donors (Lipinski definition) is 3. The first-order valence-electron chi connectivity index (χ1n) is 4.72. The van der Waals surface area contributed by atoms with Gasteiger partial charge >= 0.3 is 0 Å². The molecule has 1 saturated heterocycles. The molecule has 0 amide bonds. The number of hydrazine groups is 1. The summed E-state index contributed by atoms with van der Waals surface area (Å²) in [4.78, 5) is 2.46. The SMILES string of the molecule is CC(CNC(=S)NN)N1CCCC1. The predicted octanol–water partition coefficient (Wildman–Crippen LogP) is -0.191. The van der Waals surface area contributed by atoms with Crippen LogP contribution in [0, 0.1) is 0 Å². The third kappa shape index (κ3) is 3.46. The minimum atomic E-state index is 0.519. The molecule has 1 aliphatic heterocycles. The number of rotatable bonds is 3. The Balaban J connectivity index is 2.16. The summed E-state index contributed by atoms with van der Waals surface area (Å²) in [6.07, 6.45) is 2.65. The third-order valence-electron chi connectivity index (χ3n) is 2.45. The fourth-order valence-electron chi connectivity index (χ4n) is 1.60. The van der Waals surface area contributed by atoms with Crippen molar-refractivity contribution in [1.29, 1.82) is 0 Å². The average Bonchev–Trinajstić information content (AvgIpc) is 2.66. The average molecular weight is 202 g/mol. The molecule has 76 valence electrons. The monoisotopic (exact) mass is 202 g/mol. The molecule has 1 unspecified atom stereocenters. The summed E-state index contributed by atoms with van der Waals surface area (Å²) in [5.74, 6) is 5.14. The van der Waals surface area contributed by atoms with Gasteiger partial charge in [-0.05, 0) is 45.1 Å². The van der Waals surface area contributed by atoms with Gasteiger partial charge < -0.3 is 10.7 Å². The second-order valence-electron chi connectivity index (χ2n) is 3.45. The Morgan fingerprint density at radius 3 is 2.69 bits per heavy atom. The van der Waals surface area contributed by atoms with Crippen molar-refractivity contribution in [3.8, 4) is 0 Å². The van der Waals surface area contributed by atoms with E-state index in [4.69, 9.17) is 18.1 Å². The Morgan fingerprint density at radius 1 is 1.54 bits per heavy atom. The molecule has 0 bridgehead atoms. The number of likely N-dealkylation sites (tertiary alicyclic amines) is 1. The lowest BCUT2D eigenvalue weighted by Crippen LogP contribution is -2.46. The van der Waals surface area contributed by atoms with Crippen molar-refractivity contribution in [1.82, 2.24) is 15.6 Å². The summed E-state index contributed by atoms with van der Waals surface area (Å²) in [5, 5.41) is 3.58. The first-order valence-corrected chi connectivity index (χ1v) is 5.13. The van der Waals surface area contributed by atoms with E-state index in [0.29, 0.717) is 11.2 Å². The number of nitrogens with one attached hydrogen (secondary N) is 2. The van der Waals surface area contributed by atoms with Crippen molar-refractivity contribution < 1.29 is 0 Å². The zero-order chi connectivity index (χ0) is 9.68. The van der Waals surface area contributed by atoms with Gasteiger partial charge in [0.25, 0.3) is 0 Å². The molecule has 1 rings (SSSR count). The van der Waals surface area contributed by atoms with Gasteiger partial charge in [0, 0.05) is 12.6 Å². The molecule has 1 aliphatic rings. The summed E-state index contributed by atoms with van der Waals surface area (Å²) >= 11 is 4.88. The molecule has 1 fully saturated rings. The molecule has 0 radical (unpaired) electrons. The zero-order valence-corrected chi connectivity index (χ0v) is 8.86. The first kappa shape index (κ1) is 10.7. The van der Waals surface area contributed by atoms with Crippen LogP contribution in [0.25, 0.3) is 0 Å². The topological polar surface area (TPSA) is 53.3 Å². The van der Waals surface area contributed by atoms with Gasteiger partial charge in [0.1, 0.15) is 0 Å². The fraction of sp³-hybridized carbons (Fsp3) is 0.875. The van der Waals surface area contributed by atoms with E-state index in [9.17, 15) is 0 Å². The van der Waals surface area contributed by atoms with Gasteiger partial charge in [-0.2, -0.15) is 0 Å². The minimum absolute atomic E-state index is 0.519. The number of hydrogen-bond acceptors (Lipinski definition) is 3. The predicted molar refractivity (Wildman–Crippen MR) is 58.2 cm³/mol. The van der Waals surface area contributed by atoms with Gasteiger partial charge in [-0.15, -0.1) is 0 Å². The van der Waals surface area contributed by atoms with Crippen LogP contribution in [0.2, 0.25) is 0 Å². The molecular formula is C8H18N4S. The summed E-state index contributed by atoms with van der Waals surface area (Å²) in [6, 6.07) is 0.536. The third-order valence-corrected chi connectivity index (χ3v) is 2.72. The van der Waals surface area contributed by atoms with E-state index in [0.717, 1.165) is 6.54 Å². The van der Waals surface area contributed by atoms with Crippen molar-refractivity contribution in [3.63, 3.8) is 0 Å². The lowest BCUT2D eigenvalue weighted by molar-refractivity contribution is 0.259. The summed E-state index contributed by atoms with van der Waals surface area (Å²) in [6.45, 7) is 5.50. The first-order chi connectivity index (χ1) is 6.24. The molecule has 5 heteroatoms. The lowest BCUT2D eigenvalue weighted by Gasteiger charge is -2.24. The van der Waals surface area contributed by atoms with E-state index in [-0.39, 0.29) is 0 Å². The standard InChI is InChI=1S/C8H18N4S/c1-7(6-10-8(13)11-9)12-4-2-3-5-12/h7H,2-6,9H2,1H3,(H2,10,11,13). The van der Waals surface area contributed by atoms with Crippen molar-refractivity contribution in [2.75, 3.05) is 19.6 Å². The van der Waals surface area contributed by atoms with Crippen LogP contribution in [-0.4, -0.2) is 35.7 Å². The van der Waals surface area contributed by atoms with E-state index >= 15 is 0 Å². The Kier molecular flexibility index (Phi) is 4.41. The largest absolute Gasteiger partial charge is 0.360 e. The second kappa shape index (κ2) is 5.36. The highest BCUT2D eigenvalue weighted by Crippen LogP contribution is 2.10. The van der Waals surface area contributed by atoms with E-state index in [2.05, 4.69) is 22.6 Å². The minimum Gasteiger partial charge on any atom is -0.360 e. The molecule has 0 spiro atoms. The van der Waals surface area contributed by atoms with E-state index in [1.54, 1.807) is 0 Å². The summed E-state index contributed by atoms with van der Waals surface area (Å²) in [7, 11) is 0. The van der Waals surface area contributed by atoms with Crippen LogP contribution in [0.3, 0.4) is 0 Å². The van der Waals surface area contributed by atoms with Crippen LogP contribution in [-0.2, 0) is 0 Å². The van der Waals surface area contributed by atoms with Crippen LogP contribution >= 0.6 is 12.2 Å². The van der Waals surface area contributed by atoms with E-state index in [1.807, 2.05) is 0 Å². The maximum absolute atomic E-state index is 5.14. The van der Waals surface area contributed by atoms with Crippen LogP contribution in [0.4, 0.5) is 0 Å².